The molecule has 0 aliphatic rings. The second-order valence-electron chi connectivity index (χ2n) is 4.52. The third-order valence-corrected chi connectivity index (χ3v) is 3.60. The summed E-state index contributed by atoms with van der Waals surface area (Å²) in [6, 6.07) is 8.72. The lowest BCUT2D eigenvalue weighted by molar-refractivity contribution is -0.146. The highest BCUT2D eigenvalue weighted by Crippen LogP contribution is 2.39. The van der Waals surface area contributed by atoms with Gasteiger partial charge in [-0.15, -0.1) is 0 Å². The molecule has 0 saturated heterocycles. The van der Waals surface area contributed by atoms with E-state index in [4.69, 9.17) is 20.5 Å². The number of ether oxygens (including phenoxy) is 1. The summed E-state index contributed by atoms with van der Waals surface area (Å²) in [5.74, 6) is 0.659. The number of carbonyl (C=O) groups is 1. The molecule has 106 valence electrons. The van der Waals surface area contributed by atoms with E-state index >= 15 is 0 Å². The highest BCUT2D eigenvalue weighted by molar-refractivity contribution is 7.78. The Morgan fingerprint density at radius 2 is 1.95 bits per heavy atom. The molecule has 1 aromatic rings. The molecule has 0 aliphatic heterocycles. The average Bonchev–Trinajstić information content (AvgIpc) is 2.36. The van der Waals surface area contributed by atoms with Crippen LogP contribution in [-0.4, -0.2) is 18.6 Å². The number of carbonyl (C=O) groups excluding carboxylic acids is 1. The monoisotopic (exact) mass is 303 g/mol. The van der Waals surface area contributed by atoms with Gasteiger partial charge in [-0.1, -0.05) is 32.0 Å². The molecule has 0 heterocycles. The Bertz CT molecular complexity index is 389. The molecule has 0 saturated carbocycles. The fourth-order valence-electron chi connectivity index (χ4n) is 1.18. The number of hydrogen-bond donors (Lipinski definition) is 1. The maximum atomic E-state index is 11.6. The van der Waals surface area contributed by atoms with E-state index in [1.807, 2.05) is 32.0 Å². The van der Waals surface area contributed by atoms with Crippen LogP contribution in [0.4, 0.5) is 0 Å². The van der Waals surface area contributed by atoms with E-state index in [0.717, 1.165) is 0 Å². The predicted molar refractivity (Wildman–Crippen MR) is 78.2 cm³/mol. The number of benzene rings is 1. The Hall–Kier alpha value is -0.830. The number of nitrogens with one attached hydrogen (secondary N) is 1. The fourth-order valence-corrected chi connectivity index (χ4v) is 2.63. The Balaban J connectivity index is 2.35. The van der Waals surface area contributed by atoms with Crippen LogP contribution in [0.15, 0.2) is 30.3 Å². The lowest BCUT2D eigenvalue weighted by Gasteiger charge is -2.17. The maximum absolute atomic E-state index is 11.6. The van der Waals surface area contributed by atoms with Crippen LogP contribution in [0.1, 0.15) is 20.8 Å². The minimum Gasteiger partial charge on any atom is -0.464 e. The van der Waals surface area contributed by atoms with Crippen molar-refractivity contribution < 1.29 is 14.1 Å². The van der Waals surface area contributed by atoms with Gasteiger partial charge in [-0.3, -0.25) is 4.79 Å². The van der Waals surface area contributed by atoms with Crippen LogP contribution in [0.5, 0.6) is 5.75 Å². The molecule has 0 aromatic heterocycles. The third-order valence-electron chi connectivity index (χ3n) is 2.14. The molecule has 0 amide bonds. The Kier molecular flexibility index (Phi) is 7.14. The van der Waals surface area contributed by atoms with Crippen LogP contribution < -0.4 is 9.61 Å². The fraction of sp³-hybridized carbons (Fsp3) is 0.462. The first-order valence-electron chi connectivity index (χ1n) is 6.10. The zero-order valence-electron chi connectivity index (χ0n) is 11.3. The SMILES string of the molecule is CC(C)COC(=O)[C@H](C)NP(Cl)Oc1ccccc1. The molecule has 6 heteroatoms. The highest BCUT2D eigenvalue weighted by Gasteiger charge is 2.19. The summed E-state index contributed by atoms with van der Waals surface area (Å²) in [6.07, 6.45) is 0. The number of esters is 1. The molecule has 2 atom stereocenters. The zero-order chi connectivity index (χ0) is 14.3. The lowest BCUT2D eigenvalue weighted by atomic mass is 10.2. The maximum Gasteiger partial charge on any atom is 0.323 e. The van der Waals surface area contributed by atoms with Crippen molar-refractivity contribution in [1.29, 1.82) is 0 Å². The highest BCUT2D eigenvalue weighted by atomic mass is 35.7. The molecule has 0 aliphatic carbocycles. The average molecular weight is 304 g/mol. The molecule has 0 fully saturated rings. The van der Waals surface area contributed by atoms with E-state index in [1.54, 1.807) is 19.1 Å². The molecule has 1 N–H and O–H groups in total. The van der Waals surface area contributed by atoms with E-state index < -0.39 is 13.7 Å². The summed E-state index contributed by atoms with van der Waals surface area (Å²) in [5.41, 5.74) is 0. The van der Waals surface area contributed by atoms with Crippen molar-refractivity contribution in [1.82, 2.24) is 5.09 Å². The van der Waals surface area contributed by atoms with E-state index in [0.29, 0.717) is 18.3 Å². The summed E-state index contributed by atoms with van der Waals surface area (Å²) in [4.78, 5) is 11.6. The topological polar surface area (TPSA) is 47.6 Å². The predicted octanol–water partition coefficient (Wildman–Crippen LogP) is 3.71. The summed E-state index contributed by atoms with van der Waals surface area (Å²) in [6.45, 7) is 6.08. The van der Waals surface area contributed by atoms with Gasteiger partial charge >= 0.3 is 5.97 Å². The zero-order valence-corrected chi connectivity index (χ0v) is 12.9. The van der Waals surface area contributed by atoms with Crippen LogP contribution in [-0.2, 0) is 9.53 Å². The van der Waals surface area contributed by atoms with Crippen LogP contribution in [0.25, 0.3) is 0 Å². The van der Waals surface area contributed by atoms with Gasteiger partial charge in [0.05, 0.1) is 6.61 Å². The van der Waals surface area contributed by atoms with Gasteiger partial charge < -0.3 is 9.26 Å². The molecular weight excluding hydrogens is 285 g/mol. The van der Waals surface area contributed by atoms with E-state index in [2.05, 4.69) is 5.09 Å². The van der Waals surface area contributed by atoms with Crippen LogP contribution in [0.2, 0.25) is 0 Å². The van der Waals surface area contributed by atoms with Crippen molar-refractivity contribution in [2.45, 2.75) is 26.8 Å². The molecular formula is C13H19ClNO3P. The summed E-state index contributed by atoms with van der Waals surface area (Å²) in [7, 11) is -1.43. The van der Waals surface area contributed by atoms with Gasteiger partial charge in [0.25, 0.3) is 7.65 Å². The van der Waals surface area contributed by atoms with Crippen molar-refractivity contribution in [2.24, 2.45) is 5.92 Å². The normalized spacial score (nSPS) is 13.9. The van der Waals surface area contributed by atoms with Crippen LogP contribution >= 0.6 is 18.9 Å². The van der Waals surface area contributed by atoms with Crippen LogP contribution in [0, 0.1) is 5.92 Å². The van der Waals surface area contributed by atoms with Crippen molar-refractivity contribution in [3.05, 3.63) is 30.3 Å². The number of hydrogen-bond acceptors (Lipinski definition) is 4. The number of para-hydroxylation sites is 1. The molecule has 1 rings (SSSR count). The molecule has 0 radical (unpaired) electrons. The Morgan fingerprint density at radius 1 is 1.32 bits per heavy atom. The summed E-state index contributed by atoms with van der Waals surface area (Å²) >= 11 is 6.04. The second-order valence-corrected chi connectivity index (χ2v) is 6.38. The van der Waals surface area contributed by atoms with Gasteiger partial charge in [0.15, 0.2) is 0 Å². The second kappa shape index (κ2) is 8.36. The third kappa shape index (κ3) is 6.76. The van der Waals surface area contributed by atoms with E-state index in [1.165, 1.54) is 0 Å². The molecule has 1 aromatic carbocycles. The van der Waals surface area contributed by atoms with Gasteiger partial charge in [-0.05, 0) is 36.2 Å². The Morgan fingerprint density at radius 3 is 2.53 bits per heavy atom. The van der Waals surface area contributed by atoms with Crippen molar-refractivity contribution in [2.75, 3.05) is 6.61 Å². The quantitative estimate of drug-likeness (QED) is 0.616. The first-order valence-corrected chi connectivity index (χ1v) is 8.27. The van der Waals surface area contributed by atoms with Crippen molar-refractivity contribution >= 4 is 24.9 Å². The van der Waals surface area contributed by atoms with Gasteiger partial charge in [0.1, 0.15) is 11.8 Å². The molecule has 0 spiro atoms. The van der Waals surface area contributed by atoms with Gasteiger partial charge in [0.2, 0.25) is 0 Å². The first kappa shape index (κ1) is 16.2. The van der Waals surface area contributed by atoms with Gasteiger partial charge in [-0.2, -0.15) is 0 Å². The van der Waals surface area contributed by atoms with Crippen LogP contribution in [0.3, 0.4) is 0 Å². The minimum absolute atomic E-state index is 0.314. The van der Waals surface area contributed by atoms with E-state index in [-0.39, 0.29) is 5.97 Å². The van der Waals surface area contributed by atoms with Gasteiger partial charge in [-0.25, -0.2) is 5.09 Å². The minimum atomic E-state index is -1.43. The molecule has 4 nitrogen and oxygen atoms in total. The molecule has 1 unspecified atom stereocenters. The summed E-state index contributed by atoms with van der Waals surface area (Å²) in [5, 5.41) is 2.89. The smallest absolute Gasteiger partial charge is 0.323 e. The molecule has 0 bridgehead atoms. The van der Waals surface area contributed by atoms with E-state index in [9.17, 15) is 4.79 Å². The summed E-state index contributed by atoms with van der Waals surface area (Å²) < 4.78 is 10.6. The first-order chi connectivity index (χ1) is 8.99. The number of halogens is 1. The Labute approximate surface area is 120 Å². The van der Waals surface area contributed by atoms with Crippen molar-refractivity contribution in [3.8, 4) is 5.75 Å². The standard InChI is InChI=1S/C13H19ClNO3P/c1-10(2)9-17-13(16)11(3)15-19(14)18-12-7-5-4-6-8-12/h4-8,10-11,15H,9H2,1-3H3/t11-,19?/m0/s1. The lowest BCUT2D eigenvalue weighted by Crippen LogP contribution is -2.32. The van der Waals surface area contributed by atoms with Gasteiger partial charge in [0, 0.05) is 0 Å². The largest absolute Gasteiger partial charge is 0.464 e. The van der Waals surface area contributed by atoms with Crippen molar-refractivity contribution in [3.63, 3.8) is 0 Å². The molecule has 19 heavy (non-hydrogen) atoms. The number of rotatable bonds is 7.